The van der Waals surface area contributed by atoms with Gasteiger partial charge in [0.05, 0.1) is 11.3 Å². The molecule has 2 fully saturated rings. The highest BCUT2D eigenvalue weighted by atomic mass is 79.9. The van der Waals surface area contributed by atoms with Gasteiger partial charge in [0.15, 0.2) is 0 Å². The Kier molecular flexibility index (Phi) is 2.88. The van der Waals surface area contributed by atoms with Crippen molar-refractivity contribution >= 4 is 33.4 Å². The Hall–Kier alpha value is -1.71. The van der Waals surface area contributed by atoms with Gasteiger partial charge in [0.25, 0.3) is 11.8 Å². The number of benzene rings is 1. The molecule has 96 valence electrons. The van der Waals surface area contributed by atoms with E-state index < -0.39 is 12.2 Å². The molecule has 6 heteroatoms. The molecule has 1 aromatic carbocycles. The fourth-order valence-electron chi connectivity index (χ4n) is 2.42. The summed E-state index contributed by atoms with van der Waals surface area (Å²) in [7, 11) is 0. The molecular formula is C13H9BrN2O3. The number of imide groups is 1. The van der Waals surface area contributed by atoms with Crippen molar-refractivity contribution in [3.63, 3.8) is 0 Å². The molecule has 0 saturated carbocycles. The smallest absolute Gasteiger partial charge is 0.263 e. The molecule has 0 N–H and O–H groups in total. The molecule has 19 heavy (non-hydrogen) atoms. The number of anilines is 1. The quantitative estimate of drug-likeness (QED) is 0.739. The number of carbonyl (C=O) groups is 2. The molecule has 2 atom stereocenters. The van der Waals surface area contributed by atoms with E-state index in [1.54, 1.807) is 18.2 Å². The SMILES string of the molecule is N#Cc1ccc(Br)cc1N1C(=O)C2CCC(O2)C1=O. The summed E-state index contributed by atoms with van der Waals surface area (Å²) in [5, 5.41) is 9.11. The predicted molar refractivity (Wildman–Crippen MR) is 69.2 cm³/mol. The van der Waals surface area contributed by atoms with Crippen LogP contribution >= 0.6 is 15.9 Å². The normalized spacial score (nSPS) is 25.6. The number of rotatable bonds is 1. The lowest BCUT2D eigenvalue weighted by atomic mass is 10.1. The van der Waals surface area contributed by atoms with Gasteiger partial charge in [-0.2, -0.15) is 5.26 Å². The Labute approximate surface area is 117 Å². The molecule has 0 radical (unpaired) electrons. The maximum Gasteiger partial charge on any atom is 0.263 e. The number of nitrogens with zero attached hydrogens (tertiary/aromatic N) is 2. The van der Waals surface area contributed by atoms with E-state index in [2.05, 4.69) is 15.9 Å². The fourth-order valence-corrected chi connectivity index (χ4v) is 2.77. The molecule has 2 unspecified atom stereocenters. The van der Waals surface area contributed by atoms with E-state index in [9.17, 15) is 9.59 Å². The van der Waals surface area contributed by atoms with Crippen LogP contribution in [-0.4, -0.2) is 24.0 Å². The van der Waals surface area contributed by atoms with Gasteiger partial charge in [-0.1, -0.05) is 15.9 Å². The van der Waals surface area contributed by atoms with Gasteiger partial charge in [0, 0.05) is 4.47 Å². The number of hydrogen-bond acceptors (Lipinski definition) is 4. The van der Waals surface area contributed by atoms with Crippen molar-refractivity contribution in [1.29, 1.82) is 5.26 Å². The number of ether oxygens (including phenoxy) is 1. The lowest BCUT2D eigenvalue weighted by Crippen LogP contribution is -2.52. The third kappa shape index (κ3) is 1.86. The van der Waals surface area contributed by atoms with Crippen LogP contribution in [0, 0.1) is 11.3 Å². The van der Waals surface area contributed by atoms with Crippen LogP contribution in [0.15, 0.2) is 22.7 Å². The van der Waals surface area contributed by atoms with E-state index in [-0.39, 0.29) is 11.8 Å². The number of carbonyl (C=O) groups excluding carboxylic acids is 2. The minimum absolute atomic E-state index is 0.297. The van der Waals surface area contributed by atoms with Gasteiger partial charge in [-0.3, -0.25) is 9.59 Å². The van der Waals surface area contributed by atoms with E-state index in [0.717, 1.165) is 4.90 Å². The first-order valence-electron chi connectivity index (χ1n) is 5.84. The molecule has 2 aliphatic heterocycles. The second-order valence-corrected chi connectivity index (χ2v) is 5.39. The van der Waals surface area contributed by atoms with Crippen LogP contribution in [0.4, 0.5) is 5.69 Å². The number of amides is 2. The van der Waals surface area contributed by atoms with E-state index in [0.29, 0.717) is 28.6 Å². The summed E-state index contributed by atoms with van der Waals surface area (Å²) in [6.45, 7) is 0. The Bertz CT molecular complexity index is 601. The van der Waals surface area contributed by atoms with Crippen LogP contribution in [0.25, 0.3) is 0 Å². The number of halogens is 1. The monoisotopic (exact) mass is 320 g/mol. The van der Waals surface area contributed by atoms with Crippen molar-refractivity contribution in [2.24, 2.45) is 0 Å². The number of morpholine rings is 1. The topological polar surface area (TPSA) is 70.4 Å². The Morgan fingerprint density at radius 2 is 1.89 bits per heavy atom. The van der Waals surface area contributed by atoms with Crippen molar-refractivity contribution < 1.29 is 14.3 Å². The summed E-state index contributed by atoms with van der Waals surface area (Å²) >= 11 is 3.29. The average molecular weight is 321 g/mol. The second kappa shape index (κ2) is 4.44. The molecule has 0 aliphatic carbocycles. The van der Waals surface area contributed by atoms with Crippen molar-refractivity contribution in [3.05, 3.63) is 28.2 Å². The number of hydrogen-bond donors (Lipinski definition) is 0. The van der Waals surface area contributed by atoms with Gasteiger partial charge in [0.2, 0.25) is 0 Å². The zero-order chi connectivity index (χ0) is 13.6. The molecule has 2 heterocycles. The van der Waals surface area contributed by atoms with Gasteiger partial charge in [-0.15, -0.1) is 0 Å². The van der Waals surface area contributed by atoms with Gasteiger partial charge in [-0.25, -0.2) is 4.90 Å². The molecule has 2 bridgehead atoms. The first kappa shape index (κ1) is 12.3. The van der Waals surface area contributed by atoms with E-state index in [4.69, 9.17) is 10.00 Å². The first-order chi connectivity index (χ1) is 9.11. The molecular weight excluding hydrogens is 312 g/mol. The summed E-state index contributed by atoms with van der Waals surface area (Å²) in [4.78, 5) is 25.6. The van der Waals surface area contributed by atoms with Crippen LogP contribution in [0.3, 0.4) is 0 Å². The van der Waals surface area contributed by atoms with E-state index >= 15 is 0 Å². The minimum atomic E-state index is -0.562. The summed E-state index contributed by atoms with van der Waals surface area (Å²) in [6, 6.07) is 6.89. The molecule has 2 saturated heterocycles. The van der Waals surface area contributed by atoms with Gasteiger partial charge in [0.1, 0.15) is 18.3 Å². The molecule has 0 spiro atoms. The molecule has 3 rings (SSSR count). The Morgan fingerprint density at radius 3 is 2.47 bits per heavy atom. The predicted octanol–water partition coefficient (Wildman–Crippen LogP) is 1.74. The maximum absolute atomic E-state index is 12.2. The van der Waals surface area contributed by atoms with Gasteiger partial charge >= 0.3 is 0 Å². The summed E-state index contributed by atoms with van der Waals surface area (Å²) in [5.74, 6) is -0.762. The second-order valence-electron chi connectivity index (χ2n) is 4.48. The van der Waals surface area contributed by atoms with Crippen LogP contribution in [0.1, 0.15) is 18.4 Å². The van der Waals surface area contributed by atoms with E-state index in [1.807, 2.05) is 6.07 Å². The van der Waals surface area contributed by atoms with E-state index in [1.165, 1.54) is 0 Å². The number of fused-ring (bicyclic) bond motifs is 2. The van der Waals surface area contributed by atoms with Gasteiger partial charge in [-0.05, 0) is 31.0 Å². The maximum atomic E-state index is 12.2. The highest BCUT2D eigenvalue weighted by Gasteiger charge is 2.47. The zero-order valence-corrected chi connectivity index (χ0v) is 11.4. The van der Waals surface area contributed by atoms with Crippen LogP contribution in [-0.2, 0) is 14.3 Å². The van der Waals surface area contributed by atoms with Crippen LogP contribution in [0.2, 0.25) is 0 Å². The van der Waals surface area contributed by atoms with Crippen molar-refractivity contribution in [2.75, 3.05) is 4.90 Å². The first-order valence-corrected chi connectivity index (χ1v) is 6.64. The largest absolute Gasteiger partial charge is 0.355 e. The lowest BCUT2D eigenvalue weighted by molar-refractivity contribution is -0.146. The Balaban J connectivity index is 2.11. The molecule has 1 aromatic rings. The van der Waals surface area contributed by atoms with Crippen molar-refractivity contribution in [2.45, 2.75) is 25.0 Å². The molecule has 2 aliphatic rings. The lowest BCUT2D eigenvalue weighted by Gasteiger charge is -2.30. The van der Waals surface area contributed by atoms with Crippen LogP contribution in [0.5, 0.6) is 0 Å². The average Bonchev–Trinajstić information content (AvgIpc) is 2.84. The highest BCUT2D eigenvalue weighted by molar-refractivity contribution is 9.10. The summed E-state index contributed by atoms with van der Waals surface area (Å²) in [5.41, 5.74) is 0.623. The third-order valence-electron chi connectivity index (χ3n) is 3.33. The molecule has 5 nitrogen and oxygen atoms in total. The standard InChI is InChI=1S/C13H9BrN2O3/c14-8-2-1-7(6-15)9(5-8)16-12(17)10-3-4-11(19-10)13(16)18/h1-2,5,10-11H,3-4H2. The van der Waals surface area contributed by atoms with Crippen molar-refractivity contribution in [1.82, 2.24) is 0 Å². The number of nitriles is 1. The highest BCUT2D eigenvalue weighted by Crippen LogP contribution is 2.34. The summed E-state index contributed by atoms with van der Waals surface area (Å²) in [6.07, 6.45) is -0.00931. The zero-order valence-electron chi connectivity index (χ0n) is 9.80. The van der Waals surface area contributed by atoms with Crippen molar-refractivity contribution in [3.8, 4) is 6.07 Å². The fraction of sp³-hybridized carbons (Fsp3) is 0.308. The van der Waals surface area contributed by atoms with Crippen LogP contribution < -0.4 is 4.90 Å². The summed E-state index contributed by atoms with van der Waals surface area (Å²) < 4.78 is 6.05. The minimum Gasteiger partial charge on any atom is -0.355 e. The molecule has 2 amide bonds. The third-order valence-corrected chi connectivity index (χ3v) is 3.83. The molecule has 0 aromatic heterocycles. The van der Waals surface area contributed by atoms with Gasteiger partial charge < -0.3 is 4.74 Å². The Morgan fingerprint density at radius 1 is 1.26 bits per heavy atom.